The number of carboxylic acids is 1. The first kappa shape index (κ1) is 22.6. The van der Waals surface area contributed by atoms with E-state index in [9.17, 15) is 9.59 Å². The molecule has 1 unspecified atom stereocenters. The Kier molecular flexibility index (Phi) is 8.11. The van der Waals surface area contributed by atoms with Gasteiger partial charge in [0.15, 0.2) is 0 Å². The smallest absolute Gasteiger partial charge is 0.303 e. The number of para-hydroxylation sites is 1. The number of nitrogens with zero attached hydrogens (tertiary/aromatic N) is 2. The van der Waals surface area contributed by atoms with Crippen molar-refractivity contribution >= 4 is 11.9 Å². The molecule has 0 aliphatic heterocycles. The third-order valence-corrected chi connectivity index (χ3v) is 5.24. The third kappa shape index (κ3) is 6.94. The zero-order valence-corrected chi connectivity index (χ0v) is 19.0. The summed E-state index contributed by atoms with van der Waals surface area (Å²) >= 11 is 0. The van der Waals surface area contributed by atoms with Gasteiger partial charge >= 0.3 is 5.97 Å². The maximum Gasteiger partial charge on any atom is 0.303 e. The second-order valence-electron chi connectivity index (χ2n) is 8.09. The Morgan fingerprint density at radius 1 is 1.09 bits per heavy atom. The molecule has 1 atom stereocenters. The molecule has 1 amide bonds. The number of amides is 1. The number of aromatic amines is 1. The number of rotatable bonds is 12. The Balaban J connectivity index is 1.71. The van der Waals surface area contributed by atoms with Crippen molar-refractivity contribution in [3.63, 3.8) is 0 Å². The molecule has 3 aromatic rings. The highest BCUT2D eigenvalue weighted by molar-refractivity contribution is 5.95. The van der Waals surface area contributed by atoms with Gasteiger partial charge in [-0.25, -0.2) is 0 Å². The van der Waals surface area contributed by atoms with Crippen molar-refractivity contribution < 1.29 is 20.8 Å². The van der Waals surface area contributed by atoms with E-state index in [0.29, 0.717) is 29.9 Å². The first-order chi connectivity index (χ1) is 16.4. The van der Waals surface area contributed by atoms with Gasteiger partial charge in [-0.05, 0) is 56.9 Å². The molecule has 3 rings (SSSR count). The molecular weight excluding hydrogens is 418 g/mol. The summed E-state index contributed by atoms with van der Waals surface area (Å²) in [6.07, 6.45) is 5.75. The minimum absolute atomic E-state index is 0.153. The number of carboxylic acid groups (broad SMARTS) is 1. The topological polar surface area (TPSA) is 95.5 Å². The average Bonchev–Trinajstić information content (AvgIpc) is 3.36. The predicted octanol–water partition coefficient (Wildman–Crippen LogP) is 5.15. The number of benzene rings is 2. The number of H-pyrrole nitrogens is 1. The molecule has 0 fully saturated rings. The van der Waals surface area contributed by atoms with Gasteiger partial charge in [-0.2, -0.15) is 5.10 Å². The lowest BCUT2D eigenvalue weighted by atomic mass is 10.1. The van der Waals surface area contributed by atoms with E-state index in [0.717, 1.165) is 24.0 Å². The molecule has 7 heteroatoms. The van der Waals surface area contributed by atoms with Crippen LogP contribution in [0.15, 0.2) is 60.9 Å². The lowest BCUT2D eigenvalue weighted by Gasteiger charge is -2.28. The number of hydrogen-bond donors (Lipinski definition) is 2. The summed E-state index contributed by atoms with van der Waals surface area (Å²) in [6, 6.07) is 14.4. The highest BCUT2D eigenvalue weighted by Gasteiger charge is 2.21. The lowest BCUT2D eigenvalue weighted by molar-refractivity contribution is -0.137. The SMILES string of the molecule is [2H]C(c1ccccc1OCCCCCC(=O)O)N(C(=O)c1ccc(-c2cn[nH]c2)cc1)C(C)C. The van der Waals surface area contributed by atoms with Crippen LogP contribution in [-0.2, 0) is 11.3 Å². The fourth-order valence-electron chi connectivity index (χ4n) is 3.41. The van der Waals surface area contributed by atoms with Gasteiger partial charge in [-0.3, -0.25) is 14.7 Å². The van der Waals surface area contributed by atoms with Gasteiger partial charge in [0.1, 0.15) is 5.75 Å². The molecule has 0 saturated heterocycles. The highest BCUT2D eigenvalue weighted by Crippen LogP contribution is 2.24. The molecule has 1 heterocycles. The van der Waals surface area contributed by atoms with E-state index in [4.69, 9.17) is 11.2 Å². The third-order valence-electron chi connectivity index (χ3n) is 5.24. The summed E-state index contributed by atoms with van der Waals surface area (Å²) in [7, 11) is 0. The number of aliphatic carboxylic acids is 1. The standard InChI is InChI=1S/C26H31N3O4/c1-19(2)29(26(32)21-13-11-20(12-14-21)23-16-27-28-17-23)18-22-8-5-6-9-24(22)33-15-7-3-4-10-25(30)31/h5-6,8-9,11-14,16-17,19H,3-4,7,10,15,18H2,1-2H3,(H,27,28)(H,30,31)/i18D. The van der Waals surface area contributed by atoms with Crippen molar-refractivity contribution in [2.45, 2.75) is 52.1 Å². The van der Waals surface area contributed by atoms with Gasteiger partial charge in [0, 0.05) is 41.9 Å². The van der Waals surface area contributed by atoms with Crippen molar-refractivity contribution in [3.8, 4) is 16.9 Å². The van der Waals surface area contributed by atoms with E-state index < -0.39 is 12.5 Å². The van der Waals surface area contributed by atoms with E-state index in [1.54, 1.807) is 35.5 Å². The number of carbonyl (C=O) groups excluding carboxylic acids is 1. The quantitative estimate of drug-likeness (QED) is 0.372. The van der Waals surface area contributed by atoms with E-state index >= 15 is 0 Å². The van der Waals surface area contributed by atoms with Crippen LogP contribution in [0.3, 0.4) is 0 Å². The number of nitrogens with one attached hydrogen (secondary N) is 1. The molecule has 174 valence electrons. The zero-order valence-electron chi connectivity index (χ0n) is 20.0. The fraction of sp³-hybridized carbons (Fsp3) is 0.346. The number of unbranched alkanes of at least 4 members (excludes halogenated alkanes) is 2. The molecule has 2 N–H and O–H groups in total. The van der Waals surface area contributed by atoms with Crippen LogP contribution in [0.5, 0.6) is 5.75 Å². The first-order valence-electron chi connectivity index (χ1n) is 11.7. The number of carbonyl (C=O) groups is 2. The van der Waals surface area contributed by atoms with Gasteiger partial charge in [0.2, 0.25) is 0 Å². The monoisotopic (exact) mass is 450 g/mol. The molecule has 0 aliphatic rings. The van der Waals surface area contributed by atoms with E-state index in [2.05, 4.69) is 10.2 Å². The normalized spacial score (nSPS) is 12.3. The summed E-state index contributed by atoms with van der Waals surface area (Å²) < 4.78 is 14.8. The van der Waals surface area contributed by atoms with Gasteiger partial charge in [0.05, 0.1) is 14.2 Å². The predicted molar refractivity (Wildman–Crippen MR) is 127 cm³/mol. The summed E-state index contributed by atoms with van der Waals surface area (Å²) in [5.74, 6) is -0.454. The van der Waals surface area contributed by atoms with Crippen LogP contribution in [0, 0.1) is 0 Å². The van der Waals surface area contributed by atoms with Crippen molar-refractivity contribution in [1.82, 2.24) is 15.1 Å². The maximum atomic E-state index is 13.4. The fourth-order valence-corrected chi connectivity index (χ4v) is 3.41. The number of ether oxygens (including phenoxy) is 1. The van der Waals surface area contributed by atoms with E-state index in [-0.39, 0.29) is 18.4 Å². The van der Waals surface area contributed by atoms with Crippen LogP contribution in [-0.4, -0.2) is 44.7 Å². The molecule has 0 radical (unpaired) electrons. The molecule has 33 heavy (non-hydrogen) atoms. The Morgan fingerprint density at radius 2 is 1.85 bits per heavy atom. The Morgan fingerprint density at radius 3 is 2.52 bits per heavy atom. The Hall–Kier alpha value is -3.61. The summed E-state index contributed by atoms with van der Waals surface area (Å²) in [4.78, 5) is 25.6. The molecule has 7 nitrogen and oxygen atoms in total. The van der Waals surface area contributed by atoms with Gasteiger partial charge in [-0.15, -0.1) is 0 Å². The molecule has 2 aromatic carbocycles. The van der Waals surface area contributed by atoms with Gasteiger partial charge < -0.3 is 14.7 Å². The van der Waals surface area contributed by atoms with Crippen molar-refractivity contribution in [3.05, 3.63) is 72.1 Å². The van der Waals surface area contributed by atoms with Gasteiger partial charge in [-0.1, -0.05) is 30.3 Å². The summed E-state index contributed by atoms with van der Waals surface area (Å²) in [5.41, 5.74) is 3.01. The van der Waals surface area contributed by atoms with Crippen molar-refractivity contribution in [2.24, 2.45) is 0 Å². The highest BCUT2D eigenvalue weighted by atomic mass is 16.5. The van der Waals surface area contributed by atoms with Crippen LogP contribution < -0.4 is 4.74 Å². The molecule has 0 aliphatic carbocycles. The minimum Gasteiger partial charge on any atom is -0.493 e. The van der Waals surface area contributed by atoms with Crippen molar-refractivity contribution in [2.75, 3.05) is 6.61 Å². The minimum atomic E-state index is -0.940. The van der Waals surface area contributed by atoms with Crippen LogP contribution in [0.4, 0.5) is 0 Å². The number of hydrogen-bond acceptors (Lipinski definition) is 4. The number of aromatic nitrogens is 2. The van der Waals surface area contributed by atoms with Crippen molar-refractivity contribution in [1.29, 1.82) is 0 Å². The Labute approximate surface area is 195 Å². The average molecular weight is 451 g/mol. The first-order valence-corrected chi connectivity index (χ1v) is 11.2. The molecule has 0 bridgehead atoms. The zero-order chi connectivity index (χ0) is 24.5. The summed E-state index contributed by atoms with van der Waals surface area (Å²) in [6.45, 7) is 3.27. The maximum absolute atomic E-state index is 13.4. The van der Waals surface area contributed by atoms with Gasteiger partial charge in [0.25, 0.3) is 5.91 Å². The van der Waals surface area contributed by atoms with Crippen LogP contribution in [0.1, 0.15) is 56.8 Å². The largest absolute Gasteiger partial charge is 0.493 e. The molecule has 0 saturated carbocycles. The second-order valence-corrected chi connectivity index (χ2v) is 8.09. The molecule has 1 aromatic heterocycles. The van der Waals surface area contributed by atoms with Crippen LogP contribution in [0.2, 0.25) is 0 Å². The molecular formula is C26H31N3O4. The Bertz CT molecular complexity index is 1070. The van der Waals surface area contributed by atoms with Crippen LogP contribution in [0.25, 0.3) is 11.1 Å². The molecule has 0 spiro atoms. The van der Waals surface area contributed by atoms with Crippen LogP contribution >= 0.6 is 0 Å². The second kappa shape index (κ2) is 11.9. The van der Waals surface area contributed by atoms with E-state index in [1.165, 1.54) is 0 Å². The lowest BCUT2D eigenvalue weighted by Crippen LogP contribution is -2.36. The summed E-state index contributed by atoms with van der Waals surface area (Å²) in [5, 5.41) is 15.5. The van der Waals surface area contributed by atoms with E-state index in [1.807, 2.05) is 44.2 Å².